The normalized spacial score (nSPS) is 10.9. The summed E-state index contributed by atoms with van der Waals surface area (Å²) >= 11 is 11.9. The summed E-state index contributed by atoms with van der Waals surface area (Å²) in [4.78, 5) is 13.1. The fourth-order valence-electron chi connectivity index (χ4n) is 3.02. The van der Waals surface area contributed by atoms with Gasteiger partial charge in [-0.25, -0.2) is 0 Å². The standard InChI is InChI=1S/C24H18Cl2O4/c25-17-7-10-19(11-8-17)28-13-4-14-29-24-22(27)20-15-18(26)9-12-21(20)30-23(24)16-5-2-1-3-6-16/h1-3,5-12,15H,4,13-14H2. The molecule has 0 spiro atoms. The second-order valence-corrected chi connectivity index (χ2v) is 7.47. The Bertz CT molecular complexity index is 1200. The molecule has 3 aromatic carbocycles. The van der Waals surface area contributed by atoms with Crippen LogP contribution in [0.25, 0.3) is 22.3 Å². The van der Waals surface area contributed by atoms with Gasteiger partial charge in [0.1, 0.15) is 11.3 Å². The fraction of sp³-hybridized carbons (Fsp3) is 0.125. The van der Waals surface area contributed by atoms with Gasteiger partial charge in [0.05, 0.1) is 18.6 Å². The molecule has 0 aliphatic heterocycles. The molecule has 4 rings (SSSR count). The fourth-order valence-corrected chi connectivity index (χ4v) is 3.31. The van der Waals surface area contributed by atoms with E-state index in [2.05, 4.69) is 0 Å². The van der Waals surface area contributed by atoms with Crippen LogP contribution < -0.4 is 14.9 Å². The molecule has 0 saturated heterocycles. The van der Waals surface area contributed by atoms with Gasteiger partial charge in [-0.1, -0.05) is 53.5 Å². The van der Waals surface area contributed by atoms with Crippen LogP contribution in [0.1, 0.15) is 6.42 Å². The minimum absolute atomic E-state index is 0.169. The Labute approximate surface area is 183 Å². The Kier molecular flexibility index (Phi) is 6.26. The molecule has 0 saturated carbocycles. The number of rotatable bonds is 7. The lowest BCUT2D eigenvalue weighted by molar-refractivity contribution is 0.244. The maximum absolute atomic E-state index is 13.1. The van der Waals surface area contributed by atoms with E-state index in [0.29, 0.717) is 46.4 Å². The molecule has 4 nitrogen and oxygen atoms in total. The lowest BCUT2D eigenvalue weighted by atomic mass is 10.1. The zero-order valence-electron chi connectivity index (χ0n) is 15.9. The molecule has 0 N–H and O–H groups in total. The first kappa shape index (κ1) is 20.3. The van der Waals surface area contributed by atoms with Crippen LogP contribution in [0.2, 0.25) is 10.0 Å². The highest BCUT2D eigenvalue weighted by Crippen LogP contribution is 2.31. The number of fused-ring (bicyclic) bond motifs is 1. The minimum Gasteiger partial charge on any atom is -0.493 e. The molecule has 4 aromatic rings. The summed E-state index contributed by atoms with van der Waals surface area (Å²) in [5.41, 5.74) is 0.969. The van der Waals surface area contributed by atoms with Gasteiger partial charge in [-0.05, 0) is 42.5 Å². The lowest BCUT2D eigenvalue weighted by Crippen LogP contribution is -2.13. The molecule has 0 unspecified atom stereocenters. The Morgan fingerprint density at radius 2 is 1.50 bits per heavy atom. The molecule has 0 atom stereocenters. The maximum Gasteiger partial charge on any atom is 0.235 e. The second kappa shape index (κ2) is 9.24. The molecule has 0 fully saturated rings. The van der Waals surface area contributed by atoms with Crippen LogP contribution in [0, 0.1) is 0 Å². The van der Waals surface area contributed by atoms with Crippen molar-refractivity contribution in [3.05, 3.63) is 93.1 Å². The van der Waals surface area contributed by atoms with Crippen molar-refractivity contribution in [2.24, 2.45) is 0 Å². The van der Waals surface area contributed by atoms with Crippen LogP contribution in [0.3, 0.4) is 0 Å². The van der Waals surface area contributed by atoms with Crippen LogP contribution >= 0.6 is 23.2 Å². The predicted molar refractivity (Wildman–Crippen MR) is 120 cm³/mol. The number of hydrogen-bond acceptors (Lipinski definition) is 4. The van der Waals surface area contributed by atoms with Crippen LogP contribution in [0.5, 0.6) is 11.5 Å². The van der Waals surface area contributed by atoms with E-state index in [1.165, 1.54) is 0 Å². The van der Waals surface area contributed by atoms with Gasteiger partial charge in [0.25, 0.3) is 0 Å². The first-order valence-corrected chi connectivity index (χ1v) is 10.2. The van der Waals surface area contributed by atoms with Gasteiger partial charge in [0.15, 0.2) is 5.76 Å². The van der Waals surface area contributed by atoms with Gasteiger partial charge in [-0.2, -0.15) is 0 Å². The summed E-state index contributed by atoms with van der Waals surface area (Å²) in [5.74, 6) is 1.29. The van der Waals surface area contributed by atoms with E-state index in [9.17, 15) is 4.79 Å². The van der Waals surface area contributed by atoms with Crippen LogP contribution in [-0.4, -0.2) is 13.2 Å². The van der Waals surface area contributed by atoms with Gasteiger partial charge < -0.3 is 13.9 Å². The largest absolute Gasteiger partial charge is 0.493 e. The molecule has 0 amide bonds. The summed E-state index contributed by atoms with van der Waals surface area (Å²) in [6.07, 6.45) is 0.587. The molecule has 6 heteroatoms. The molecule has 0 bridgehead atoms. The highest BCUT2D eigenvalue weighted by molar-refractivity contribution is 6.31. The van der Waals surface area contributed by atoms with Gasteiger partial charge in [-0.15, -0.1) is 0 Å². The number of halogens is 2. The first-order chi connectivity index (χ1) is 14.6. The van der Waals surface area contributed by atoms with Crippen molar-refractivity contribution < 1.29 is 13.9 Å². The molecule has 1 aromatic heterocycles. The monoisotopic (exact) mass is 440 g/mol. The smallest absolute Gasteiger partial charge is 0.235 e. The topological polar surface area (TPSA) is 48.7 Å². The van der Waals surface area contributed by atoms with Crippen molar-refractivity contribution >= 4 is 34.2 Å². The molecule has 0 aliphatic rings. The van der Waals surface area contributed by atoms with Crippen molar-refractivity contribution in [3.8, 4) is 22.8 Å². The summed E-state index contributed by atoms with van der Waals surface area (Å²) in [7, 11) is 0. The second-order valence-electron chi connectivity index (χ2n) is 6.60. The van der Waals surface area contributed by atoms with Gasteiger partial charge >= 0.3 is 0 Å². The Morgan fingerprint density at radius 3 is 2.27 bits per heavy atom. The van der Waals surface area contributed by atoms with E-state index in [1.54, 1.807) is 42.5 Å². The van der Waals surface area contributed by atoms with E-state index in [-0.39, 0.29) is 11.2 Å². The van der Waals surface area contributed by atoms with Crippen LogP contribution in [-0.2, 0) is 0 Å². The molecule has 0 radical (unpaired) electrons. The zero-order valence-corrected chi connectivity index (χ0v) is 17.5. The molecule has 1 heterocycles. The van der Waals surface area contributed by atoms with Gasteiger partial charge in [-0.3, -0.25) is 4.79 Å². The van der Waals surface area contributed by atoms with E-state index < -0.39 is 0 Å². The first-order valence-electron chi connectivity index (χ1n) is 9.45. The maximum atomic E-state index is 13.1. The molecular formula is C24H18Cl2O4. The average molecular weight is 441 g/mol. The number of benzene rings is 3. The van der Waals surface area contributed by atoms with Gasteiger partial charge in [0.2, 0.25) is 11.2 Å². The SMILES string of the molecule is O=c1c(OCCCOc2ccc(Cl)cc2)c(-c2ccccc2)oc2ccc(Cl)cc12. The van der Waals surface area contributed by atoms with Crippen molar-refractivity contribution in [2.45, 2.75) is 6.42 Å². The van der Waals surface area contributed by atoms with Crippen molar-refractivity contribution in [1.82, 2.24) is 0 Å². The Hall–Kier alpha value is -2.95. The molecule has 152 valence electrons. The quantitative estimate of drug-likeness (QED) is 0.303. The third kappa shape index (κ3) is 4.61. The Morgan fingerprint density at radius 1 is 0.800 bits per heavy atom. The zero-order chi connectivity index (χ0) is 20.9. The van der Waals surface area contributed by atoms with E-state index >= 15 is 0 Å². The highest BCUT2D eigenvalue weighted by Gasteiger charge is 2.18. The third-order valence-corrected chi connectivity index (χ3v) is 4.95. The van der Waals surface area contributed by atoms with E-state index in [0.717, 1.165) is 11.3 Å². The molecule has 30 heavy (non-hydrogen) atoms. The summed E-state index contributed by atoms with van der Waals surface area (Å²) in [6.45, 7) is 0.733. The highest BCUT2D eigenvalue weighted by atomic mass is 35.5. The predicted octanol–water partition coefficient (Wildman–Crippen LogP) is 6.61. The van der Waals surface area contributed by atoms with E-state index in [4.69, 9.17) is 37.1 Å². The summed E-state index contributed by atoms with van der Waals surface area (Å²) in [5, 5.41) is 1.50. The van der Waals surface area contributed by atoms with Crippen molar-refractivity contribution in [1.29, 1.82) is 0 Å². The lowest BCUT2D eigenvalue weighted by Gasteiger charge is -2.12. The summed E-state index contributed by atoms with van der Waals surface area (Å²) in [6, 6.07) is 21.5. The third-order valence-electron chi connectivity index (χ3n) is 4.46. The number of ether oxygens (including phenoxy) is 2. The molecular weight excluding hydrogens is 423 g/mol. The molecule has 0 aliphatic carbocycles. The van der Waals surface area contributed by atoms with Gasteiger partial charge in [0, 0.05) is 22.0 Å². The van der Waals surface area contributed by atoms with Crippen LogP contribution in [0.4, 0.5) is 0 Å². The number of hydrogen-bond donors (Lipinski definition) is 0. The van der Waals surface area contributed by atoms with Crippen molar-refractivity contribution in [3.63, 3.8) is 0 Å². The van der Waals surface area contributed by atoms with E-state index in [1.807, 2.05) is 30.3 Å². The summed E-state index contributed by atoms with van der Waals surface area (Å²) < 4.78 is 17.6. The van der Waals surface area contributed by atoms with Crippen molar-refractivity contribution in [2.75, 3.05) is 13.2 Å². The van der Waals surface area contributed by atoms with Crippen LogP contribution in [0.15, 0.2) is 82.0 Å². The average Bonchev–Trinajstić information content (AvgIpc) is 2.77. The Balaban J connectivity index is 1.55. The minimum atomic E-state index is -0.253.